The number of aromatic carboxylic acids is 1. The highest BCUT2D eigenvalue weighted by Gasteiger charge is 2.34. The molecular weight excluding hydrogens is 342 g/mol. The SMILES string of the molecule is CN(C)c1ccc2c(c1)OC1=C(C=CC(=O)C1)C2c1ccccc1C(=O)O. The number of rotatable bonds is 3. The van der Waals surface area contributed by atoms with Gasteiger partial charge in [0.1, 0.15) is 11.5 Å². The van der Waals surface area contributed by atoms with Crippen LogP contribution in [0.4, 0.5) is 5.69 Å². The first-order valence-corrected chi connectivity index (χ1v) is 8.71. The smallest absolute Gasteiger partial charge is 0.335 e. The van der Waals surface area contributed by atoms with E-state index in [-0.39, 0.29) is 23.7 Å². The molecule has 0 aromatic heterocycles. The van der Waals surface area contributed by atoms with Gasteiger partial charge in [0.25, 0.3) is 0 Å². The number of hydrogen-bond donors (Lipinski definition) is 1. The molecule has 1 aliphatic carbocycles. The summed E-state index contributed by atoms with van der Waals surface area (Å²) in [6.07, 6.45) is 3.48. The molecule has 0 radical (unpaired) electrons. The zero-order chi connectivity index (χ0) is 19.1. The maximum Gasteiger partial charge on any atom is 0.335 e. The van der Waals surface area contributed by atoms with Crippen molar-refractivity contribution in [2.45, 2.75) is 12.3 Å². The molecular formula is C22H19NO4. The Morgan fingerprint density at radius 1 is 1.11 bits per heavy atom. The van der Waals surface area contributed by atoms with Crippen LogP contribution in [0, 0.1) is 0 Å². The number of nitrogens with zero attached hydrogens (tertiary/aromatic N) is 1. The van der Waals surface area contributed by atoms with Crippen LogP contribution in [-0.2, 0) is 4.79 Å². The quantitative estimate of drug-likeness (QED) is 0.902. The summed E-state index contributed by atoms with van der Waals surface area (Å²) in [6.45, 7) is 0. The highest BCUT2D eigenvalue weighted by atomic mass is 16.5. The van der Waals surface area contributed by atoms with Crippen LogP contribution in [0.15, 0.2) is 65.9 Å². The van der Waals surface area contributed by atoms with E-state index in [1.165, 1.54) is 6.08 Å². The molecule has 5 nitrogen and oxygen atoms in total. The van der Waals surface area contributed by atoms with Gasteiger partial charge in [0.2, 0.25) is 0 Å². The number of fused-ring (bicyclic) bond motifs is 1. The third-order valence-electron chi connectivity index (χ3n) is 4.98. The van der Waals surface area contributed by atoms with Gasteiger partial charge in [0, 0.05) is 42.9 Å². The number of ether oxygens (including phenoxy) is 1. The normalized spacial score (nSPS) is 17.9. The largest absolute Gasteiger partial charge is 0.478 e. The summed E-state index contributed by atoms with van der Waals surface area (Å²) in [5.41, 5.74) is 3.66. The van der Waals surface area contributed by atoms with Gasteiger partial charge in [-0.25, -0.2) is 4.79 Å². The van der Waals surface area contributed by atoms with Crippen LogP contribution in [0.3, 0.4) is 0 Å². The first-order chi connectivity index (χ1) is 13.0. The molecule has 0 fully saturated rings. The highest BCUT2D eigenvalue weighted by Crippen LogP contribution is 2.47. The van der Waals surface area contributed by atoms with Crippen molar-refractivity contribution in [1.82, 2.24) is 0 Å². The van der Waals surface area contributed by atoms with Crippen LogP contribution in [0.5, 0.6) is 5.75 Å². The number of allylic oxidation sites excluding steroid dienone is 4. The lowest BCUT2D eigenvalue weighted by Crippen LogP contribution is -2.22. The van der Waals surface area contributed by atoms with E-state index in [9.17, 15) is 14.7 Å². The molecule has 1 aliphatic heterocycles. The topological polar surface area (TPSA) is 66.8 Å². The maximum atomic E-state index is 11.9. The molecule has 27 heavy (non-hydrogen) atoms. The Hall–Kier alpha value is -3.34. The third kappa shape index (κ3) is 2.91. The Kier molecular flexibility index (Phi) is 4.07. The van der Waals surface area contributed by atoms with Crippen molar-refractivity contribution >= 4 is 17.4 Å². The number of hydrogen-bond acceptors (Lipinski definition) is 4. The van der Waals surface area contributed by atoms with Crippen molar-refractivity contribution in [2.75, 3.05) is 19.0 Å². The molecule has 0 saturated heterocycles. The first-order valence-electron chi connectivity index (χ1n) is 8.71. The van der Waals surface area contributed by atoms with Gasteiger partial charge in [0.15, 0.2) is 5.78 Å². The van der Waals surface area contributed by atoms with Crippen LogP contribution in [0.25, 0.3) is 0 Å². The molecule has 1 atom stereocenters. The summed E-state index contributed by atoms with van der Waals surface area (Å²) in [4.78, 5) is 25.7. The molecule has 5 heteroatoms. The van der Waals surface area contributed by atoms with E-state index >= 15 is 0 Å². The number of carbonyl (C=O) groups excluding carboxylic acids is 1. The molecule has 0 amide bonds. The molecule has 1 N–H and O–H groups in total. The van der Waals surface area contributed by atoms with Gasteiger partial charge >= 0.3 is 5.97 Å². The van der Waals surface area contributed by atoms with Gasteiger partial charge in [-0.15, -0.1) is 0 Å². The van der Waals surface area contributed by atoms with Crippen LogP contribution in [0.2, 0.25) is 0 Å². The summed E-state index contributed by atoms with van der Waals surface area (Å²) in [5, 5.41) is 9.67. The van der Waals surface area contributed by atoms with Crippen molar-refractivity contribution in [3.63, 3.8) is 0 Å². The summed E-state index contributed by atoms with van der Waals surface area (Å²) in [7, 11) is 3.89. The predicted octanol–water partition coefficient (Wildman–Crippen LogP) is 3.76. The van der Waals surface area contributed by atoms with E-state index in [4.69, 9.17) is 4.74 Å². The average molecular weight is 361 g/mol. The zero-order valence-electron chi connectivity index (χ0n) is 15.1. The summed E-state index contributed by atoms with van der Waals surface area (Å²) in [5.74, 6) is -0.0336. The second-order valence-corrected chi connectivity index (χ2v) is 6.90. The summed E-state index contributed by atoms with van der Waals surface area (Å²) in [6, 6.07) is 12.9. The molecule has 2 aromatic rings. The Balaban J connectivity index is 1.95. The monoisotopic (exact) mass is 361 g/mol. The first kappa shape index (κ1) is 17.1. The van der Waals surface area contributed by atoms with E-state index in [0.717, 1.165) is 16.8 Å². The van der Waals surface area contributed by atoms with Crippen LogP contribution in [0.1, 0.15) is 33.8 Å². The van der Waals surface area contributed by atoms with Crippen molar-refractivity contribution in [3.8, 4) is 5.75 Å². The van der Waals surface area contributed by atoms with Crippen molar-refractivity contribution < 1.29 is 19.4 Å². The second kappa shape index (κ2) is 6.43. The fourth-order valence-corrected chi connectivity index (χ4v) is 3.65. The van der Waals surface area contributed by atoms with Crippen LogP contribution in [-0.4, -0.2) is 31.0 Å². The molecule has 1 unspecified atom stereocenters. The van der Waals surface area contributed by atoms with E-state index in [2.05, 4.69) is 0 Å². The minimum Gasteiger partial charge on any atom is -0.478 e. The molecule has 0 saturated carbocycles. The maximum absolute atomic E-state index is 11.9. The number of ketones is 1. The van der Waals surface area contributed by atoms with Gasteiger partial charge in [-0.1, -0.05) is 30.3 Å². The van der Waals surface area contributed by atoms with Crippen molar-refractivity contribution in [3.05, 3.63) is 82.6 Å². The molecule has 2 aliphatic rings. The lowest BCUT2D eigenvalue weighted by molar-refractivity contribution is -0.114. The molecule has 1 heterocycles. The number of anilines is 1. The fourth-order valence-electron chi connectivity index (χ4n) is 3.65. The zero-order valence-corrected chi connectivity index (χ0v) is 15.1. The predicted molar refractivity (Wildman–Crippen MR) is 102 cm³/mol. The molecule has 0 spiro atoms. The highest BCUT2D eigenvalue weighted by molar-refractivity contribution is 5.94. The standard InChI is InChI=1S/C22H19NO4/c1-23(2)13-7-9-17-19(11-13)27-20-12-14(24)8-10-18(20)21(17)15-5-3-4-6-16(15)22(25)26/h3-11,21H,12H2,1-2H3,(H,25,26). The molecule has 136 valence electrons. The van der Waals surface area contributed by atoms with Gasteiger partial charge in [-0.3, -0.25) is 4.79 Å². The molecule has 0 bridgehead atoms. The minimum absolute atomic E-state index is 0.0220. The van der Waals surface area contributed by atoms with Crippen molar-refractivity contribution in [2.24, 2.45) is 0 Å². The Morgan fingerprint density at radius 2 is 1.89 bits per heavy atom. The lowest BCUT2D eigenvalue weighted by Gasteiger charge is -2.32. The number of carbonyl (C=O) groups is 2. The van der Waals surface area contributed by atoms with Gasteiger partial charge in [-0.05, 0) is 23.8 Å². The van der Waals surface area contributed by atoms with Gasteiger partial charge < -0.3 is 14.7 Å². The Bertz CT molecular complexity index is 1020. The lowest BCUT2D eigenvalue weighted by atomic mass is 9.78. The summed E-state index contributed by atoms with van der Waals surface area (Å²) >= 11 is 0. The number of carboxylic acid groups (broad SMARTS) is 1. The summed E-state index contributed by atoms with van der Waals surface area (Å²) < 4.78 is 6.08. The number of carboxylic acids is 1. The van der Waals surface area contributed by atoms with E-state index in [1.54, 1.807) is 18.2 Å². The Labute approximate surface area is 157 Å². The molecule has 4 rings (SSSR count). The van der Waals surface area contributed by atoms with Gasteiger partial charge in [-0.2, -0.15) is 0 Å². The van der Waals surface area contributed by atoms with Crippen LogP contribution < -0.4 is 9.64 Å². The van der Waals surface area contributed by atoms with Crippen molar-refractivity contribution in [1.29, 1.82) is 0 Å². The number of benzene rings is 2. The average Bonchev–Trinajstić information content (AvgIpc) is 2.65. The van der Waals surface area contributed by atoms with E-state index < -0.39 is 5.97 Å². The van der Waals surface area contributed by atoms with Crippen LogP contribution >= 0.6 is 0 Å². The Morgan fingerprint density at radius 3 is 2.63 bits per heavy atom. The van der Waals surface area contributed by atoms with E-state index in [1.807, 2.05) is 49.3 Å². The second-order valence-electron chi connectivity index (χ2n) is 6.90. The fraction of sp³-hybridized carbons (Fsp3) is 0.182. The minimum atomic E-state index is -0.971. The third-order valence-corrected chi connectivity index (χ3v) is 4.98. The van der Waals surface area contributed by atoms with Gasteiger partial charge in [0.05, 0.1) is 12.0 Å². The molecule has 2 aromatic carbocycles. The van der Waals surface area contributed by atoms with E-state index in [0.29, 0.717) is 17.1 Å².